The summed E-state index contributed by atoms with van der Waals surface area (Å²) in [5.74, 6) is 0. The molecule has 9 heavy (non-hydrogen) atoms. The first kappa shape index (κ1) is 12.2. The Kier molecular flexibility index (Phi) is 21.5. The fourth-order valence-electron chi connectivity index (χ4n) is 0.344. The van der Waals surface area contributed by atoms with Gasteiger partial charge < -0.3 is 4.89 Å². The Morgan fingerprint density at radius 2 is 2.00 bits per heavy atom. The van der Waals surface area contributed by atoms with Crippen molar-refractivity contribution in [3.63, 3.8) is 0 Å². The largest absolute Gasteiger partial charge is 0.324 e. The van der Waals surface area contributed by atoms with Gasteiger partial charge in [-0.3, -0.25) is 0 Å². The van der Waals surface area contributed by atoms with Crippen molar-refractivity contribution in [2.75, 3.05) is 5.33 Å². The van der Waals surface area contributed by atoms with Gasteiger partial charge in [-0.25, -0.2) is 4.57 Å². The highest BCUT2D eigenvalue weighted by Crippen LogP contribution is 1.95. The maximum atomic E-state index is 8.46. The van der Waals surface area contributed by atoms with Gasteiger partial charge in [0.2, 0.25) is 0 Å². The minimum atomic E-state index is -0.833. The zero-order chi connectivity index (χ0) is 7.54. The highest BCUT2D eigenvalue weighted by atomic mass is 79.9. The molecule has 0 bridgehead atoms. The molecule has 0 amide bonds. The van der Waals surface area contributed by atoms with E-state index in [1.807, 2.05) is 0 Å². The topological polar surface area (TPSA) is 37.3 Å². The van der Waals surface area contributed by atoms with Crippen LogP contribution in [0.5, 0.6) is 0 Å². The number of hydrogen-bond donors (Lipinski definition) is 1. The van der Waals surface area contributed by atoms with E-state index in [0.717, 1.165) is 0 Å². The molecule has 1 N–H and O–H groups in total. The van der Waals surface area contributed by atoms with Crippen molar-refractivity contribution in [3.8, 4) is 0 Å². The molecular formula is C5H12BrO2P. The zero-order valence-electron chi connectivity index (χ0n) is 5.51. The van der Waals surface area contributed by atoms with E-state index in [9.17, 15) is 0 Å². The third-order valence-corrected chi connectivity index (χ3v) is 1.30. The normalized spacial score (nSPS) is 8.33. The van der Waals surface area contributed by atoms with E-state index in [1.165, 1.54) is 24.6 Å². The summed E-state index contributed by atoms with van der Waals surface area (Å²) in [5.41, 5.74) is 0. The Morgan fingerprint density at radius 3 is 2.11 bits per heavy atom. The number of halogens is 1. The van der Waals surface area contributed by atoms with Gasteiger partial charge in [0.1, 0.15) is 0 Å². The van der Waals surface area contributed by atoms with Gasteiger partial charge >= 0.3 is 8.69 Å². The van der Waals surface area contributed by atoms with Crippen LogP contribution < -0.4 is 0 Å². The smallest absolute Gasteiger partial charge is 0.310 e. The van der Waals surface area contributed by atoms with Crippen LogP contribution in [0.15, 0.2) is 0 Å². The molecule has 0 aliphatic rings. The quantitative estimate of drug-likeness (QED) is 0.446. The van der Waals surface area contributed by atoms with Crippen LogP contribution in [-0.2, 0) is 4.57 Å². The van der Waals surface area contributed by atoms with Gasteiger partial charge in [-0.05, 0) is 6.42 Å². The summed E-state index contributed by atoms with van der Waals surface area (Å²) in [6.45, 7) is 2.21. The molecule has 0 aliphatic heterocycles. The molecule has 0 saturated carbocycles. The molecule has 0 radical (unpaired) electrons. The van der Waals surface area contributed by atoms with Gasteiger partial charge in [0.05, 0.1) is 0 Å². The first-order valence-electron chi connectivity index (χ1n) is 2.86. The van der Waals surface area contributed by atoms with Crippen molar-refractivity contribution in [1.29, 1.82) is 0 Å². The minimum Gasteiger partial charge on any atom is -0.310 e. The maximum absolute atomic E-state index is 8.46. The van der Waals surface area contributed by atoms with Crippen molar-refractivity contribution >= 4 is 24.6 Å². The Balaban J connectivity index is 0. The lowest BCUT2D eigenvalue weighted by atomic mass is 10.3. The van der Waals surface area contributed by atoms with Gasteiger partial charge in [-0.2, -0.15) is 0 Å². The van der Waals surface area contributed by atoms with Crippen LogP contribution in [0.4, 0.5) is 0 Å². The molecule has 0 spiro atoms. The first-order chi connectivity index (χ1) is 4.33. The highest BCUT2D eigenvalue weighted by molar-refractivity contribution is 9.09. The second kappa shape index (κ2) is 15.8. The fourth-order valence-corrected chi connectivity index (χ4v) is 0.741. The Bertz CT molecular complexity index is 48.2. The predicted octanol–water partition coefficient (Wildman–Crippen LogP) is 2.76. The van der Waals surface area contributed by atoms with Gasteiger partial charge in [0.15, 0.2) is 0 Å². The lowest BCUT2D eigenvalue weighted by Crippen LogP contribution is -1.70. The van der Waals surface area contributed by atoms with Crippen molar-refractivity contribution in [2.24, 2.45) is 0 Å². The van der Waals surface area contributed by atoms with E-state index >= 15 is 0 Å². The molecule has 0 aromatic rings. The second-order valence-corrected chi connectivity index (χ2v) is 2.43. The highest BCUT2D eigenvalue weighted by Gasteiger charge is 1.76. The van der Waals surface area contributed by atoms with E-state index in [0.29, 0.717) is 0 Å². The van der Waals surface area contributed by atoms with Crippen LogP contribution in [0.3, 0.4) is 0 Å². The molecule has 0 rings (SSSR count). The lowest BCUT2D eigenvalue weighted by Gasteiger charge is -1.85. The third-order valence-electron chi connectivity index (χ3n) is 0.737. The first-order valence-corrected chi connectivity index (χ1v) is 4.74. The summed E-state index contributed by atoms with van der Waals surface area (Å²) in [6.07, 6.45) is 4.02. The average molecular weight is 215 g/mol. The summed E-state index contributed by atoms with van der Waals surface area (Å²) in [4.78, 5) is 6.99. The molecule has 0 saturated heterocycles. The lowest BCUT2D eigenvalue weighted by molar-refractivity contribution is 0.524. The molecule has 4 heteroatoms. The summed E-state index contributed by atoms with van der Waals surface area (Å²) >= 11 is 3.35. The van der Waals surface area contributed by atoms with Crippen LogP contribution in [0.1, 0.15) is 26.2 Å². The molecule has 0 atom stereocenters. The van der Waals surface area contributed by atoms with Gasteiger partial charge in [-0.15, -0.1) is 0 Å². The number of rotatable bonds is 3. The molecule has 0 heterocycles. The molecule has 0 aliphatic carbocycles. The van der Waals surface area contributed by atoms with Crippen molar-refractivity contribution in [3.05, 3.63) is 0 Å². The summed E-state index contributed by atoms with van der Waals surface area (Å²) in [5, 5.41) is 1.17. The molecule has 56 valence electrons. The van der Waals surface area contributed by atoms with Gasteiger partial charge in [0.25, 0.3) is 0 Å². The Labute approximate surface area is 66.1 Å². The summed E-state index contributed by atoms with van der Waals surface area (Å²) < 4.78 is 8.46. The number of alkyl halides is 1. The van der Waals surface area contributed by atoms with E-state index in [2.05, 4.69) is 22.9 Å². The van der Waals surface area contributed by atoms with E-state index in [-0.39, 0.29) is 0 Å². The molecule has 2 nitrogen and oxygen atoms in total. The summed E-state index contributed by atoms with van der Waals surface area (Å²) in [6, 6.07) is 0. The molecule has 0 fully saturated rings. The Morgan fingerprint density at radius 1 is 1.56 bits per heavy atom. The van der Waals surface area contributed by atoms with Crippen LogP contribution >= 0.6 is 24.6 Å². The van der Waals surface area contributed by atoms with Crippen LogP contribution in [0.25, 0.3) is 0 Å². The molecule has 0 aromatic carbocycles. The number of hydrogen-bond acceptors (Lipinski definition) is 1. The van der Waals surface area contributed by atoms with Crippen molar-refractivity contribution in [1.82, 2.24) is 0 Å². The van der Waals surface area contributed by atoms with Crippen LogP contribution in [0.2, 0.25) is 0 Å². The SMILES string of the molecule is CCCCCBr.O=PO. The van der Waals surface area contributed by atoms with Gasteiger partial charge in [0, 0.05) is 5.33 Å². The van der Waals surface area contributed by atoms with Crippen LogP contribution in [-0.4, -0.2) is 10.2 Å². The standard InChI is InChI=1S/C5H11Br.HO2P/c1-2-3-4-5-6;1-3-2/h2-5H2,1H3;(H,1,2). The van der Waals surface area contributed by atoms with Crippen LogP contribution in [0, 0.1) is 0 Å². The van der Waals surface area contributed by atoms with Gasteiger partial charge in [-0.1, -0.05) is 35.7 Å². The number of unbranched alkanes of at least 4 members (excludes halogenated alkanes) is 2. The van der Waals surface area contributed by atoms with E-state index in [4.69, 9.17) is 9.46 Å². The average Bonchev–Trinajstić information content (AvgIpc) is 1.86. The third kappa shape index (κ3) is 29.1. The van der Waals surface area contributed by atoms with E-state index in [1.54, 1.807) is 0 Å². The Hall–Kier alpha value is 0.540. The monoisotopic (exact) mass is 214 g/mol. The second-order valence-electron chi connectivity index (χ2n) is 1.48. The molecule has 0 unspecified atom stereocenters. The molecular weight excluding hydrogens is 203 g/mol. The predicted molar refractivity (Wildman–Crippen MR) is 43.1 cm³/mol. The van der Waals surface area contributed by atoms with Crippen molar-refractivity contribution < 1.29 is 9.46 Å². The summed E-state index contributed by atoms with van der Waals surface area (Å²) in [7, 11) is -0.833. The fraction of sp³-hybridized carbons (Fsp3) is 1.00. The maximum Gasteiger partial charge on any atom is 0.324 e. The van der Waals surface area contributed by atoms with Crippen molar-refractivity contribution in [2.45, 2.75) is 26.2 Å². The zero-order valence-corrected chi connectivity index (χ0v) is 7.99. The van der Waals surface area contributed by atoms with E-state index < -0.39 is 8.69 Å². The minimum absolute atomic E-state index is 0.833. The molecule has 0 aromatic heterocycles.